The average molecular weight is 439 g/mol. The standard InChI is InChI=1S/C24H27BrN2O/c1-14-19(3-2-4-21(14)26)23(28)27-22-6-5-18(10-20(22)25)24-11-15-7-16(12-24)9-17(8-15)13-24/h2-6,10,15-17H,7-9,11-13,26H2,1H3,(H,27,28). The van der Waals surface area contributed by atoms with E-state index in [-0.39, 0.29) is 5.91 Å². The zero-order valence-corrected chi connectivity index (χ0v) is 17.9. The Labute approximate surface area is 175 Å². The molecule has 0 atom stereocenters. The van der Waals surface area contributed by atoms with E-state index >= 15 is 0 Å². The highest BCUT2D eigenvalue weighted by Gasteiger charge is 2.51. The topological polar surface area (TPSA) is 55.1 Å². The summed E-state index contributed by atoms with van der Waals surface area (Å²) in [6.45, 7) is 1.88. The van der Waals surface area contributed by atoms with Crippen LogP contribution >= 0.6 is 15.9 Å². The fraction of sp³-hybridized carbons (Fsp3) is 0.458. The molecule has 0 heterocycles. The van der Waals surface area contributed by atoms with Crippen LogP contribution in [0.1, 0.15) is 60.0 Å². The Bertz CT molecular complexity index is 916. The lowest BCUT2D eigenvalue weighted by Gasteiger charge is -2.57. The molecule has 4 aliphatic carbocycles. The highest BCUT2D eigenvalue weighted by molar-refractivity contribution is 9.10. The summed E-state index contributed by atoms with van der Waals surface area (Å²) in [5, 5.41) is 3.05. The third-order valence-corrected chi connectivity index (χ3v) is 8.14. The van der Waals surface area contributed by atoms with E-state index in [1.165, 1.54) is 44.1 Å². The lowest BCUT2D eigenvalue weighted by atomic mass is 9.48. The normalized spacial score (nSPS) is 30.4. The summed E-state index contributed by atoms with van der Waals surface area (Å²) in [4.78, 5) is 12.8. The van der Waals surface area contributed by atoms with Gasteiger partial charge >= 0.3 is 0 Å². The number of anilines is 2. The molecule has 2 aromatic rings. The molecule has 4 fully saturated rings. The second-order valence-electron chi connectivity index (χ2n) is 9.37. The molecule has 0 aliphatic heterocycles. The van der Waals surface area contributed by atoms with Crippen molar-refractivity contribution in [2.45, 2.75) is 50.9 Å². The maximum Gasteiger partial charge on any atom is 0.256 e. The molecule has 0 unspecified atom stereocenters. The number of nitrogen functional groups attached to an aromatic ring is 1. The Morgan fingerprint density at radius 3 is 2.32 bits per heavy atom. The number of hydrogen-bond acceptors (Lipinski definition) is 2. The van der Waals surface area contributed by atoms with Crippen molar-refractivity contribution in [2.24, 2.45) is 17.8 Å². The van der Waals surface area contributed by atoms with Gasteiger partial charge in [0.2, 0.25) is 0 Å². The number of hydrogen-bond donors (Lipinski definition) is 2. The van der Waals surface area contributed by atoms with Crippen molar-refractivity contribution in [1.29, 1.82) is 0 Å². The first-order valence-electron chi connectivity index (χ1n) is 10.4. The number of amides is 1. The molecule has 2 aromatic carbocycles. The summed E-state index contributed by atoms with van der Waals surface area (Å²) in [5.41, 5.74) is 10.7. The summed E-state index contributed by atoms with van der Waals surface area (Å²) in [6, 6.07) is 12.0. The molecule has 146 valence electrons. The Hall–Kier alpha value is -1.81. The minimum Gasteiger partial charge on any atom is -0.398 e. The summed E-state index contributed by atoms with van der Waals surface area (Å²) in [5.74, 6) is 2.66. The highest BCUT2D eigenvalue weighted by atomic mass is 79.9. The third kappa shape index (κ3) is 2.97. The molecule has 4 saturated carbocycles. The van der Waals surface area contributed by atoms with E-state index in [0.717, 1.165) is 33.5 Å². The molecule has 0 spiro atoms. The lowest BCUT2D eigenvalue weighted by Crippen LogP contribution is -2.48. The van der Waals surface area contributed by atoms with Gasteiger partial charge in [0.05, 0.1) is 5.69 Å². The van der Waals surface area contributed by atoms with Crippen molar-refractivity contribution in [2.75, 3.05) is 11.1 Å². The van der Waals surface area contributed by atoms with Crippen molar-refractivity contribution < 1.29 is 4.79 Å². The largest absolute Gasteiger partial charge is 0.398 e. The van der Waals surface area contributed by atoms with Gasteiger partial charge in [-0.2, -0.15) is 0 Å². The Balaban J connectivity index is 1.40. The molecule has 3 N–H and O–H groups in total. The summed E-state index contributed by atoms with van der Waals surface area (Å²) >= 11 is 3.72. The number of nitrogens with two attached hydrogens (primary N) is 1. The van der Waals surface area contributed by atoms with E-state index < -0.39 is 0 Å². The SMILES string of the molecule is Cc1c(N)cccc1C(=O)Nc1ccc(C23CC4CC(CC(C4)C2)C3)cc1Br. The molecule has 28 heavy (non-hydrogen) atoms. The monoisotopic (exact) mass is 438 g/mol. The maximum absolute atomic E-state index is 12.8. The van der Waals surface area contributed by atoms with Gasteiger partial charge in [-0.25, -0.2) is 0 Å². The molecule has 4 aliphatic rings. The number of halogens is 1. The molecule has 0 saturated heterocycles. The highest BCUT2D eigenvalue weighted by Crippen LogP contribution is 2.61. The first-order chi connectivity index (χ1) is 13.4. The van der Waals surface area contributed by atoms with Crippen LogP contribution < -0.4 is 11.1 Å². The van der Waals surface area contributed by atoms with Crippen LogP contribution in [0.15, 0.2) is 40.9 Å². The van der Waals surface area contributed by atoms with Gasteiger partial charge in [0.25, 0.3) is 5.91 Å². The van der Waals surface area contributed by atoms with Crippen LogP contribution in [0.4, 0.5) is 11.4 Å². The van der Waals surface area contributed by atoms with Crippen LogP contribution in [0.5, 0.6) is 0 Å². The van der Waals surface area contributed by atoms with Crippen molar-refractivity contribution in [3.8, 4) is 0 Å². The van der Waals surface area contributed by atoms with Crippen LogP contribution in [0, 0.1) is 24.7 Å². The van der Waals surface area contributed by atoms with E-state index in [9.17, 15) is 4.79 Å². The number of benzene rings is 2. The van der Waals surface area contributed by atoms with Crippen LogP contribution in [0.25, 0.3) is 0 Å². The number of rotatable bonds is 3. The zero-order valence-electron chi connectivity index (χ0n) is 16.3. The molecule has 4 heteroatoms. The molecule has 0 radical (unpaired) electrons. The minimum atomic E-state index is -0.118. The van der Waals surface area contributed by atoms with Crippen LogP contribution in [0.2, 0.25) is 0 Å². The maximum atomic E-state index is 12.8. The van der Waals surface area contributed by atoms with E-state index in [1.54, 1.807) is 0 Å². The fourth-order valence-corrected chi connectivity index (χ4v) is 6.98. The summed E-state index contributed by atoms with van der Waals surface area (Å²) in [6.07, 6.45) is 8.40. The zero-order chi connectivity index (χ0) is 19.5. The second-order valence-corrected chi connectivity index (χ2v) is 10.2. The molecule has 4 bridgehead atoms. The van der Waals surface area contributed by atoms with E-state index in [1.807, 2.05) is 25.1 Å². The van der Waals surface area contributed by atoms with E-state index in [2.05, 4.69) is 39.4 Å². The summed E-state index contributed by atoms with van der Waals surface area (Å²) in [7, 11) is 0. The van der Waals surface area contributed by atoms with Gasteiger partial charge in [0.15, 0.2) is 0 Å². The second kappa shape index (κ2) is 6.62. The smallest absolute Gasteiger partial charge is 0.256 e. The predicted octanol–water partition coefficient (Wildman–Crippen LogP) is 6.06. The van der Waals surface area contributed by atoms with Gasteiger partial charge in [-0.05, 0) is 120 Å². The quantitative estimate of drug-likeness (QED) is 0.572. The Morgan fingerprint density at radius 1 is 1.07 bits per heavy atom. The average Bonchev–Trinajstić information content (AvgIpc) is 2.64. The van der Waals surface area contributed by atoms with Gasteiger partial charge in [-0.1, -0.05) is 12.1 Å². The molecular formula is C24H27BrN2O. The van der Waals surface area contributed by atoms with Gasteiger partial charge in [0.1, 0.15) is 0 Å². The van der Waals surface area contributed by atoms with Crippen LogP contribution in [-0.4, -0.2) is 5.91 Å². The Kier molecular flexibility index (Phi) is 4.31. The first kappa shape index (κ1) is 18.2. The fourth-order valence-electron chi connectivity index (χ4n) is 6.50. The van der Waals surface area contributed by atoms with Crippen molar-refractivity contribution >= 4 is 33.2 Å². The number of nitrogens with one attached hydrogen (secondary N) is 1. The minimum absolute atomic E-state index is 0.118. The molecule has 3 nitrogen and oxygen atoms in total. The van der Waals surface area contributed by atoms with E-state index in [0.29, 0.717) is 16.7 Å². The van der Waals surface area contributed by atoms with E-state index in [4.69, 9.17) is 5.73 Å². The molecular weight excluding hydrogens is 412 g/mol. The Morgan fingerprint density at radius 2 is 1.71 bits per heavy atom. The first-order valence-corrected chi connectivity index (χ1v) is 11.2. The van der Waals surface area contributed by atoms with Crippen LogP contribution in [-0.2, 0) is 5.41 Å². The molecule has 0 aromatic heterocycles. The van der Waals surface area contributed by atoms with Gasteiger partial charge in [-0.3, -0.25) is 4.79 Å². The third-order valence-electron chi connectivity index (χ3n) is 7.49. The van der Waals surface area contributed by atoms with Crippen molar-refractivity contribution in [1.82, 2.24) is 0 Å². The number of carbonyl (C=O) groups is 1. The number of carbonyl (C=O) groups excluding carboxylic acids is 1. The summed E-state index contributed by atoms with van der Waals surface area (Å²) < 4.78 is 0.968. The van der Waals surface area contributed by atoms with Gasteiger partial charge < -0.3 is 11.1 Å². The van der Waals surface area contributed by atoms with Crippen molar-refractivity contribution in [3.63, 3.8) is 0 Å². The van der Waals surface area contributed by atoms with Crippen LogP contribution in [0.3, 0.4) is 0 Å². The van der Waals surface area contributed by atoms with Gasteiger partial charge in [-0.15, -0.1) is 0 Å². The lowest BCUT2D eigenvalue weighted by molar-refractivity contribution is -0.00520. The predicted molar refractivity (Wildman–Crippen MR) is 118 cm³/mol. The molecule has 1 amide bonds. The van der Waals surface area contributed by atoms with Crippen molar-refractivity contribution in [3.05, 3.63) is 57.6 Å². The molecule has 6 rings (SSSR count). The van der Waals surface area contributed by atoms with Gasteiger partial charge in [0, 0.05) is 15.7 Å².